The predicted molar refractivity (Wildman–Crippen MR) is 78.6 cm³/mol. The van der Waals surface area contributed by atoms with Crippen LogP contribution in [0.3, 0.4) is 0 Å². The van der Waals surface area contributed by atoms with Gasteiger partial charge in [0.2, 0.25) is 5.91 Å². The van der Waals surface area contributed by atoms with Crippen molar-refractivity contribution in [2.45, 2.75) is 45.4 Å². The number of nitrogens with one attached hydrogen (secondary N) is 1. The van der Waals surface area contributed by atoms with Gasteiger partial charge in [-0.15, -0.1) is 0 Å². The molecule has 0 aromatic carbocycles. The number of carbonyl (C=O) groups is 1. The monoisotopic (exact) mass is 292 g/mol. The fourth-order valence-electron chi connectivity index (χ4n) is 2.06. The highest BCUT2D eigenvalue weighted by Gasteiger charge is 2.10. The van der Waals surface area contributed by atoms with Crippen molar-refractivity contribution in [1.29, 1.82) is 0 Å². The minimum Gasteiger partial charge on any atom is -0.356 e. The van der Waals surface area contributed by atoms with E-state index in [0.29, 0.717) is 31.8 Å². The first-order valence-corrected chi connectivity index (χ1v) is 9.09. The van der Waals surface area contributed by atoms with Gasteiger partial charge >= 0.3 is 0 Å². The zero-order valence-corrected chi connectivity index (χ0v) is 13.0. The fraction of sp³-hybridized carbons (Fsp3) is 0.923. The lowest BCUT2D eigenvalue weighted by Gasteiger charge is -2.14. The predicted octanol–water partition coefficient (Wildman–Crippen LogP) is 1.08. The number of nitrogens with two attached hydrogens (primary N) is 1. The van der Waals surface area contributed by atoms with Crippen LogP contribution in [0.1, 0.15) is 45.4 Å². The van der Waals surface area contributed by atoms with E-state index in [9.17, 15) is 13.2 Å². The van der Waals surface area contributed by atoms with Gasteiger partial charge in [-0.2, -0.15) is 0 Å². The van der Waals surface area contributed by atoms with E-state index in [2.05, 4.69) is 12.2 Å². The van der Waals surface area contributed by atoms with Crippen LogP contribution in [0.4, 0.5) is 0 Å². The molecule has 0 spiro atoms. The summed E-state index contributed by atoms with van der Waals surface area (Å²) in [6.07, 6.45) is 6.24. The Morgan fingerprint density at radius 2 is 1.95 bits per heavy atom. The van der Waals surface area contributed by atoms with Crippen LogP contribution in [0, 0.1) is 5.92 Å². The van der Waals surface area contributed by atoms with Gasteiger partial charge in [0.05, 0.1) is 5.75 Å². The first kappa shape index (κ1) is 18.4. The van der Waals surface area contributed by atoms with Crippen molar-refractivity contribution in [3.63, 3.8) is 0 Å². The zero-order valence-electron chi connectivity index (χ0n) is 12.2. The third kappa shape index (κ3) is 12.2. The second kappa shape index (κ2) is 10.2. The van der Waals surface area contributed by atoms with Crippen LogP contribution in [-0.4, -0.2) is 39.4 Å². The Labute approximate surface area is 117 Å². The fourth-order valence-corrected chi connectivity index (χ4v) is 2.73. The SMILES string of the molecule is CCCC(CCN)CCC(=O)NCCCS(C)(=O)=O. The molecule has 0 saturated heterocycles. The van der Waals surface area contributed by atoms with Gasteiger partial charge in [-0.1, -0.05) is 19.8 Å². The lowest BCUT2D eigenvalue weighted by atomic mass is 9.94. The molecule has 1 atom stereocenters. The van der Waals surface area contributed by atoms with Crippen molar-refractivity contribution in [3.05, 3.63) is 0 Å². The number of hydrogen-bond acceptors (Lipinski definition) is 4. The first-order chi connectivity index (χ1) is 8.89. The molecule has 1 unspecified atom stereocenters. The second-order valence-electron chi connectivity index (χ2n) is 5.10. The molecule has 6 heteroatoms. The average Bonchev–Trinajstić information content (AvgIpc) is 2.31. The molecule has 3 N–H and O–H groups in total. The maximum absolute atomic E-state index is 11.6. The highest BCUT2D eigenvalue weighted by atomic mass is 32.2. The number of amides is 1. The molecule has 0 bridgehead atoms. The second-order valence-corrected chi connectivity index (χ2v) is 7.36. The largest absolute Gasteiger partial charge is 0.356 e. The number of hydrogen-bond donors (Lipinski definition) is 2. The van der Waals surface area contributed by atoms with Crippen LogP contribution in [-0.2, 0) is 14.6 Å². The lowest BCUT2D eigenvalue weighted by Crippen LogP contribution is -2.26. The smallest absolute Gasteiger partial charge is 0.220 e. The molecule has 0 aliphatic carbocycles. The maximum Gasteiger partial charge on any atom is 0.220 e. The normalized spacial score (nSPS) is 13.2. The van der Waals surface area contributed by atoms with Gasteiger partial charge in [0.1, 0.15) is 9.84 Å². The summed E-state index contributed by atoms with van der Waals surface area (Å²) in [6.45, 7) is 3.23. The minimum absolute atomic E-state index is 0.00613. The molecule has 0 heterocycles. The van der Waals surface area contributed by atoms with E-state index in [1.165, 1.54) is 6.26 Å². The molecule has 0 aromatic heterocycles. The molecule has 0 aliphatic rings. The van der Waals surface area contributed by atoms with E-state index in [0.717, 1.165) is 25.7 Å². The van der Waals surface area contributed by atoms with Crippen molar-refractivity contribution < 1.29 is 13.2 Å². The summed E-state index contributed by atoms with van der Waals surface area (Å²) in [4.78, 5) is 11.6. The standard InChI is InChI=1S/C13H28N2O3S/c1-3-5-12(8-9-14)6-7-13(16)15-10-4-11-19(2,17)18/h12H,3-11,14H2,1-2H3,(H,15,16). The number of carbonyl (C=O) groups excluding carboxylic acids is 1. The van der Waals surface area contributed by atoms with E-state index < -0.39 is 9.84 Å². The number of sulfone groups is 1. The minimum atomic E-state index is -2.93. The van der Waals surface area contributed by atoms with Crippen molar-refractivity contribution in [1.82, 2.24) is 5.32 Å². The maximum atomic E-state index is 11.6. The molecule has 1 amide bonds. The van der Waals surface area contributed by atoms with Crippen molar-refractivity contribution in [3.8, 4) is 0 Å². The molecule has 0 saturated carbocycles. The molecule has 0 aromatic rings. The average molecular weight is 292 g/mol. The van der Waals surface area contributed by atoms with Crippen LogP contribution < -0.4 is 11.1 Å². The van der Waals surface area contributed by atoms with Crippen LogP contribution in [0.5, 0.6) is 0 Å². The van der Waals surface area contributed by atoms with Crippen molar-refractivity contribution >= 4 is 15.7 Å². The van der Waals surface area contributed by atoms with Crippen LogP contribution in [0.15, 0.2) is 0 Å². The summed E-state index contributed by atoms with van der Waals surface area (Å²) in [5.74, 6) is 0.655. The summed E-state index contributed by atoms with van der Waals surface area (Å²) in [7, 11) is -2.93. The molecule has 0 aliphatic heterocycles. The molecule has 19 heavy (non-hydrogen) atoms. The Bertz CT molecular complexity index is 336. The summed E-state index contributed by atoms with van der Waals surface area (Å²) < 4.78 is 21.8. The summed E-state index contributed by atoms with van der Waals surface area (Å²) >= 11 is 0. The van der Waals surface area contributed by atoms with Gasteiger partial charge in [0, 0.05) is 19.2 Å². The third-order valence-electron chi connectivity index (χ3n) is 3.07. The van der Waals surface area contributed by atoms with E-state index in [-0.39, 0.29) is 11.7 Å². The van der Waals surface area contributed by atoms with Crippen LogP contribution in [0.25, 0.3) is 0 Å². The highest BCUT2D eigenvalue weighted by molar-refractivity contribution is 7.90. The Balaban J connectivity index is 3.73. The molecule has 0 radical (unpaired) electrons. The Hall–Kier alpha value is -0.620. The molecule has 0 fully saturated rings. The Morgan fingerprint density at radius 3 is 2.47 bits per heavy atom. The molecular weight excluding hydrogens is 264 g/mol. The van der Waals surface area contributed by atoms with E-state index in [1.807, 2.05) is 0 Å². The van der Waals surface area contributed by atoms with E-state index in [4.69, 9.17) is 5.73 Å². The van der Waals surface area contributed by atoms with Gasteiger partial charge in [0.25, 0.3) is 0 Å². The van der Waals surface area contributed by atoms with Gasteiger partial charge in [-0.05, 0) is 31.7 Å². The van der Waals surface area contributed by atoms with Gasteiger partial charge in [-0.25, -0.2) is 8.42 Å². The first-order valence-electron chi connectivity index (χ1n) is 7.03. The molecular formula is C13H28N2O3S. The zero-order chi connectivity index (χ0) is 14.7. The molecule has 5 nitrogen and oxygen atoms in total. The van der Waals surface area contributed by atoms with Crippen LogP contribution in [0.2, 0.25) is 0 Å². The number of rotatable bonds is 11. The highest BCUT2D eigenvalue weighted by Crippen LogP contribution is 2.16. The van der Waals surface area contributed by atoms with E-state index >= 15 is 0 Å². The van der Waals surface area contributed by atoms with Crippen molar-refractivity contribution in [2.24, 2.45) is 11.7 Å². The third-order valence-corrected chi connectivity index (χ3v) is 4.10. The topological polar surface area (TPSA) is 89.3 Å². The van der Waals surface area contributed by atoms with Gasteiger partial charge in [0.15, 0.2) is 0 Å². The Kier molecular flexibility index (Phi) is 9.87. The lowest BCUT2D eigenvalue weighted by molar-refractivity contribution is -0.121. The molecule has 114 valence electrons. The van der Waals surface area contributed by atoms with Gasteiger partial charge in [-0.3, -0.25) is 4.79 Å². The summed E-state index contributed by atoms with van der Waals surface area (Å²) in [5.41, 5.74) is 5.55. The summed E-state index contributed by atoms with van der Waals surface area (Å²) in [5, 5.41) is 2.76. The quantitative estimate of drug-likeness (QED) is 0.558. The van der Waals surface area contributed by atoms with Crippen LogP contribution >= 0.6 is 0 Å². The summed E-state index contributed by atoms with van der Waals surface area (Å²) in [6, 6.07) is 0. The van der Waals surface area contributed by atoms with Gasteiger partial charge < -0.3 is 11.1 Å². The van der Waals surface area contributed by atoms with E-state index in [1.54, 1.807) is 0 Å². The Morgan fingerprint density at radius 1 is 1.26 bits per heavy atom. The molecule has 0 rings (SSSR count). The van der Waals surface area contributed by atoms with Crippen molar-refractivity contribution in [2.75, 3.05) is 25.1 Å².